The van der Waals surface area contributed by atoms with Gasteiger partial charge in [-0.05, 0) is 56.3 Å². The smallest absolute Gasteiger partial charge is 0.139 e. The lowest BCUT2D eigenvalue weighted by molar-refractivity contribution is -0.175. The zero-order valence-corrected chi connectivity index (χ0v) is 13.5. The number of Topliss-reactive ketones (excluding diaryl/α,β-unsaturated/α-hetero) is 1. The average Bonchev–Trinajstić information content (AvgIpc) is 2.75. The van der Waals surface area contributed by atoms with Gasteiger partial charge in [0.1, 0.15) is 5.78 Å². The molecule has 0 amide bonds. The largest absolute Gasteiger partial charge is 0.389 e. The summed E-state index contributed by atoms with van der Waals surface area (Å²) in [5, 5.41) is 11.7. The SMILES string of the molecule is C[C@]12CCCCC1=CC[C@]1(O)[C@H]2CC[C@]2(C)C(=O)CC[C@@H]12. The van der Waals surface area contributed by atoms with Crippen molar-refractivity contribution in [2.24, 2.45) is 22.7 Å². The van der Waals surface area contributed by atoms with E-state index in [1.54, 1.807) is 5.57 Å². The van der Waals surface area contributed by atoms with Gasteiger partial charge < -0.3 is 5.11 Å². The summed E-state index contributed by atoms with van der Waals surface area (Å²) in [7, 11) is 0. The number of aliphatic hydroxyl groups is 1. The van der Waals surface area contributed by atoms with Crippen molar-refractivity contribution >= 4 is 5.78 Å². The average molecular weight is 288 g/mol. The third-order valence-corrected chi connectivity index (χ3v) is 7.80. The molecule has 4 rings (SSSR count). The first-order chi connectivity index (χ1) is 9.91. The molecule has 3 fully saturated rings. The number of hydrogen-bond acceptors (Lipinski definition) is 2. The first kappa shape index (κ1) is 14.0. The maximum atomic E-state index is 12.4. The Labute approximate surface area is 128 Å². The second kappa shape index (κ2) is 4.22. The standard InChI is InChI=1S/C19H28O2/c1-17-10-4-3-5-13(17)8-12-19(21)14-6-7-16(20)18(14,2)11-9-15(17)19/h8,14-15,21H,3-7,9-12H2,1-2H3/t14-,15+,17+,18+,19-/m1/s1. The Hall–Kier alpha value is -0.630. The number of fused-ring (bicyclic) bond motifs is 5. The van der Waals surface area contributed by atoms with Gasteiger partial charge in [-0.3, -0.25) is 4.79 Å². The van der Waals surface area contributed by atoms with Gasteiger partial charge in [0.15, 0.2) is 0 Å². The summed E-state index contributed by atoms with van der Waals surface area (Å²) in [6, 6.07) is 0. The lowest BCUT2D eigenvalue weighted by Crippen LogP contribution is -2.61. The molecule has 0 saturated heterocycles. The van der Waals surface area contributed by atoms with Crippen LogP contribution in [0, 0.1) is 22.7 Å². The van der Waals surface area contributed by atoms with Crippen LogP contribution >= 0.6 is 0 Å². The highest BCUT2D eigenvalue weighted by Gasteiger charge is 2.64. The van der Waals surface area contributed by atoms with Crippen molar-refractivity contribution < 1.29 is 9.90 Å². The summed E-state index contributed by atoms with van der Waals surface area (Å²) in [5.74, 6) is 0.963. The number of carbonyl (C=O) groups excluding carboxylic acids is 1. The zero-order valence-electron chi connectivity index (χ0n) is 13.5. The van der Waals surface area contributed by atoms with Gasteiger partial charge in [0, 0.05) is 17.8 Å². The summed E-state index contributed by atoms with van der Waals surface area (Å²) in [4.78, 5) is 12.4. The molecular formula is C19H28O2. The number of rotatable bonds is 0. The Morgan fingerprint density at radius 1 is 1.05 bits per heavy atom. The minimum absolute atomic E-state index is 0.188. The van der Waals surface area contributed by atoms with E-state index in [-0.39, 0.29) is 16.7 Å². The van der Waals surface area contributed by atoms with Gasteiger partial charge >= 0.3 is 0 Å². The van der Waals surface area contributed by atoms with E-state index in [4.69, 9.17) is 0 Å². The Bertz CT molecular complexity index is 522. The Morgan fingerprint density at radius 3 is 2.62 bits per heavy atom. The van der Waals surface area contributed by atoms with E-state index < -0.39 is 5.60 Å². The summed E-state index contributed by atoms with van der Waals surface area (Å²) in [6.07, 6.45) is 11.8. The molecule has 2 nitrogen and oxygen atoms in total. The number of hydrogen-bond donors (Lipinski definition) is 1. The maximum absolute atomic E-state index is 12.4. The minimum Gasteiger partial charge on any atom is -0.389 e. The third-order valence-electron chi connectivity index (χ3n) is 7.80. The van der Waals surface area contributed by atoms with Gasteiger partial charge in [-0.15, -0.1) is 0 Å². The van der Waals surface area contributed by atoms with Crippen LogP contribution < -0.4 is 0 Å². The lowest BCUT2D eigenvalue weighted by atomic mass is 9.46. The summed E-state index contributed by atoms with van der Waals surface area (Å²) in [5.41, 5.74) is 0.922. The fourth-order valence-electron chi connectivity index (χ4n) is 6.55. The fraction of sp³-hybridized carbons (Fsp3) is 0.842. The maximum Gasteiger partial charge on any atom is 0.139 e. The molecule has 0 bridgehead atoms. The molecule has 1 N–H and O–H groups in total. The molecule has 5 atom stereocenters. The molecule has 0 aliphatic heterocycles. The highest BCUT2D eigenvalue weighted by molar-refractivity contribution is 5.87. The van der Waals surface area contributed by atoms with E-state index in [9.17, 15) is 9.90 Å². The second-order valence-electron chi connectivity index (χ2n) is 8.57. The molecule has 0 unspecified atom stereocenters. The lowest BCUT2D eigenvalue weighted by Gasteiger charge is -2.60. The highest BCUT2D eigenvalue weighted by atomic mass is 16.3. The van der Waals surface area contributed by atoms with Crippen molar-refractivity contribution in [2.75, 3.05) is 0 Å². The van der Waals surface area contributed by atoms with Crippen LogP contribution in [0.25, 0.3) is 0 Å². The highest BCUT2D eigenvalue weighted by Crippen LogP contribution is 2.65. The van der Waals surface area contributed by atoms with E-state index in [2.05, 4.69) is 19.9 Å². The van der Waals surface area contributed by atoms with E-state index in [0.29, 0.717) is 18.1 Å². The zero-order chi connectivity index (χ0) is 14.9. The molecule has 0 aromatic carbocycles. The second-order valence-corrected chi connectivity index (χ2v) is 8.57. The third kappa shape index (κ3) is 1.60. The van der Waals surface area contributed by atoms with Crippen LogP contribution in [-0.2, 0) is 4.79 Å². The van der Waals surface area contributed by atoms with Gasteiger partial charge in [0.05, 0.1) is 5.60 Å². The molecule has 0 radical (unpaired) electrons. The van der Waals surface area contributed by atoms with E-state index >= 15 is 0 Å². The van der Waals surface area contributed by atoms with Gasteiger partial charge in [0.25, 0.3) is 0 Å². The first-order valence-electron chi connectivity index (χ1n) is 8.86. The van der Waals surface area contributed by atoms with Crippen LogP contribution in [0.4, 0.5) is 0 Å². The minimum atomic E-state index is -0.630. The molecule has 21 heavy (non-hydrogen) atoms. The monoisotopic (exact) mass is 288 g/mol. The van der Waals surface area contributed by atoms with E-state index in [1.807, 2.05) is 0 Å². The van der Waals surface area contributed by atoms with Crippen molar-refractivity contribution in [3.63, 3.8) is 0 Å². The van der Waals surface area contributed by atoms with Crippen molar-refractivity contribution in [2.45, 2.75) is 77.2 Å². The van der Waals surface area contributed by atoms with Gasteiger partial charge in [-0.25, -0.2) is 0 Å². The van der Waals surface area contributed by atoms with Gasteiger partial charge in [0.2, 0.25) is 0 Å². The molecule has 0 aromatic rings. The molecule has 116 valence electrons. The fourth-order valence-corrected chi connectivity index (χ4v) is 6.55. The summed E-state index contributed by atoms with van der Waals surface area (Å²) < 4.78 is 0. The number of allylic oxidation sites excluding steroid dienone is 1. The van der Waals surface area contributed by atoms with Gasteiger partial charge in [-0.2, -0.15) is 0 Å². The van der Waals surface area contributed by atoms with Crippen LogP contribution in [0.5, 0.6) is 0 Å². The van der Waals surface area contributed by atoms with Crippen molar-refractivity contribution in [3.8, 4) is 0 Å². The molecule has 0 heterocycles. The molecule has 0 spiro atoms. The summed E-state index contributed by atoms with van der Waals surface area (Å²) >= 11 is 0. The quantitative estimate of drug-likeness (QED) is 0.683. The number of carbonyl (C=O) groups is 1. The molecule has 0 aromatic heterocycles. The molecular weight excluding hydrogens is 260 g/mol. The topological polar surface area (TPSA) is 37.3 Å². The Kier molecular flexibility index (Phi) is 2.81. The van der Waals surface area contributed by atoms with Crippen LogP contribution in [0.15, 0.2) is 11.6 Å². The molecule has 4 aliphatic rings. The van der Waals surface area contributed by atoms with Crippen LogP contribution in [0.2, 0.25) is 0 Å². The van der Waals surface area contributed by atoms with Crippen molar-refractivity contribution in [1.82, 2.24) is 0 Å². The number of ketones is 1. The van der Waals surface area contributed by atoms with Crippen molar-refractivity contribution in [1.29, 1.82) is 0 Å². The van der Waals surface area contributed by atoms with Crippen LogP contribution in [-0.4, -0.2) is 16.5 Å². The molecule has 3 saturated carbocycles. The Balaban J connectivity index is 1.78. The molecule has 4 aliphatic carbocycles. The summed E-state index contributed by atoms with van der Waals surface area (Å²) in [6.45, 7) is 4.52. The van der Waals surface area contributed by atoms with Crippen LogP contribution in [0.1, 0.15) is 71.6 Å². The molecule has 2 heteroatoms. The van der Waals surface area contributed by atoms with Gasteiger partial charge in [-0.1, -0.05) is 31.9 Å². The van der Waals surface area contributed by atoms with Crippen molar-refractivity contribution in [3.05, 3.63) is 11.6 Å². The Morgan fingerprint density at radius 2 is 1.81 bits per heavy atom. The van der Waals surface area contributed by atoms with Crippen LogP contribution in [0.3, 0.4) is 0 Å². The predicted octanol–water partition coefficient (Wildman–Crippen LogP) is 4.02. The normalized spacial score (nSPS) is 52.7. The van der Waals surface area contributed by atoms with E-state index in [1.165, 1.54) is 25.7 Å². The van der Waals surface area contributed by atoms with E-state index in [0.717, 1.165) is 25.7 Å². The predicted molar refractivity (Wildman–Crippen MR) is 82.8 cm³/mol. The first-order valence-corrected chi connectivity index (χ1v) is 8.86.